The van der Waals surface area contributed by atoms with Gasteiger partial charge in [0.25, 0.3) is 0 Å². The van der Waals surface area contributed by atoms with Crippen molar-refractivity contribution in [3.05, 3.63) is 0 Å². The fourth-order valence-corrected chi connectivity index (χ4v) is 3.75. The molecule has 2 heteroatoms. The van der Waals surface area contributed by atoms with Crippen LogP contribution in [0.1, 0.15) is 46.0 Å². The number of rotatable bonds is 2. The van der Waals surface area contributed by atoms with E-state index in [-0.39, 0.29) is 0 Å². The molecule has 1 aliphatic heterocycles. The number of likely N-dealkylation sites (tertiary alicyclic amines) is 1. The van der Waals surface area contributed by atoms with E-state index in [4.69, 9.17) is 5.73 Å². The van der Waals surface area contributed by atoms with Crippen molar-refractivity contribution in [3.63, 3.8) is 0 Å². The summed E-state index contributed by atoms with van der Waals surface area (Å²) in [6.45, 7) is 8.47. The van der Waals surface area contributed by atoms with Crippen LogP contribution in [-0.2, 0) is 0 Å². The standard InChI is InChI=1S/C14H28N2/c1-11-4-3-5-13(6-11)9-16-8-12(2)7-14(15)10-16/h11-14H,3-10,15H2,1-2H3. The molecule has 4 atom stereocenters. The van der Waals surface area contributed by atoms with Gasteiger partial charge in [-0.1, -0.05) is 26.7 Å². The third kappa shape index (κ3) is 3.46. The van der Waals surface area contributed by atoms with Crippen molar-refractivity contribution < 1.29 is 0 Å². The number of nitrogens with two attached hydrogens (primary N) is 1. The zero-order chi connectivity index (χ0) is 11.5. The van der Waals surface area contributed by atoms with Crippen molar-refractivity contribution in [2.75, 3.05) is 19.6 Å². The second-order valence-corrected chi connectivity index (χ2v) is 6.46. The van der Waals surface area contributed by atoms with Crippen LogP contribution in [0.5, 0.6) is 0 Å². The van der Waals surface area contributed by atoms with Gasteiger partial charge in [0.2, 0.25) is 0 Å². The van der Waals surface area contributed by atoms with E-state index in [1.54, 1.807) is 0 Å². The Bertz CT molecular complexity index is 207. The van der Waals surface area contributed by atoms with Crippen molar-refractivity contribution in [2.24, 2.45) is 23.5 Å². The Hall–Kier alpha value is -0.0800. The molecule has 1 aliphatic carbocycles. The predicted octanol–water partition coefficient (Wildman–Crippen LogP) is 2.48. The van der Waals surface area contributed by atoms with E-state index >= 15 is 0 Å². The van der Waals surface area contributed by atoms with Crippen molar-refractivity contribution in [3.8, 4) is 0 Å². The molecule has 2 aliphatic rings. The van der Waals surface area contributed by atoms with Gasteiger partial charge < -0.3 is 10.6 Å². The van der Waals surface area contributed by atoms with Gasteiger partial charge in [-0.3, -0.25) is 0 Å². The molecule has 1 heterocycles. The minimum Gasteiger partial charge on any atom is -0.327 e. The second-order valence-electron chi connectivity index (χ2n) is 6.46. The lowest BCUT2D eigenvalue weighted by Gasteiger charge is -2.38. The molecule has 0 amide bonds. The zero-order valence-electron chi connectivity index (χ0n) is 11.0. The molecule has 0 aromatic rings. The van der Waals surface area contributed by atoms with Crippen LogP contribution in [0, 0.1) is 17.8 Å². The summed E-state index contributed by atoms with van der Waals surface area (Å²) >= 11 is 0. The summed E-state index contributed by atoms with van der Waals surface area (Å²) in [6, 6.07) is 0.421. The van der Waals surface area contributed by atoms with E-state index in [1.807, 2.05) is 0 Å². The Kier molecular flexibility index (Phi) is 4.26. The molecule has 94 valence electrons. The minimum absolute atomic E-state index is 0.421. The summed E-state index contributed by atoms with van der Waals surface area (Å²) in [5.74, 6) is 2.70. The highest BCUT2D eigenvalue weighted by atomic mass is 15.1. The van der Waals surface area contributed by atoms with E-state index in [2.05, 4.69) is 18.7 Å². The summed E-state index contributed by atoms with van der Waals surface area (Å²) in [5, 5.41) is 0. The van der Waals surface area contributed by atoms with Gasteiger partial charge in [0.1, 0.15) is 0 Å². The van der Waals surface area contributed by atoms with Crippen molar-refractivity contribution >= 4 is 0 Å². The van der Waals surface area contributed by atoms with Gasteiger partial charge in [0.15, 0.2) is 0 Å². The quantitative estimate of drug-likeness (QED) is 0.781. The number of piperidine rings is 1. The molecule has 0 aromatic carbocycles. The van der Waals surface area contributed by atoms with Gasteiger partial charge in [-0.05, 0) is 37.0 Å². The molecule has 2 nitrogen and oxygen atoms in total. The maximum Gasteiger partial charge on any atom is 0.0170 e. The summed E-state index contributed by atoms with van der Waals surface area (Å²) in [5.41, 5.74) is 6.11. The molecule has 2 N–H and O–H groups in total. The van der Waals surface area contributed by atoms with Crippen LogP contribution in [0.25, 0.3) is 0 Å². The molecule has 2 rings (SSSR count). The molecule has 0 spiro atoms. The van der Waals surface area contributed by atoms with Crippen LogP contribution < -0.4 is 5.73 Å². The van der Waals surface area contributed by atoms with E-state index in [9.17, 15) is 0 Å². The first-order valence-electron chi connectivity index (χ1n) is 7.11. The molecule has 0 radical (unpaired) electrons. The SMILES string of the molecule is CC1CCCC(CN2CC(C)CC(N)C2)C1. The first-order valence-corrected chi connectivity index (χ1v) is 7.11. The molecule has 0 aromatic heterocycles. The Morgan fingerprint density at radius 1 is 1.06 bits per heavy atom. The normalized spacial score (nSPS) is 42.2. The Morgan fingerprint density at radius 2 is 1.88 bits per heavy atom. The molecular weight excluding hydrogens is 196 g/mol. The highest BCUT2D eigenvalue weighted by Gasteiger charge is 2.26. The molecule has 16 heavy (non-hydrogen) atoms. The van der Waals surface area contributed by atoms with Crippen LogP contribution in [-0.4, -0.2) is 30.6 Å². The molecule has 1 saturated carbocycles. The van der Waals surface area contributed by atoms with Crippen LogP contribution in [0.4, 0.5) is 0 Å². The molecule has 4 unspecified atom stereocenters. The lowest BCUT2D eigenvalue weighted by molar-refractivity contribution is 0.122. The Balaban J connectivity index is 1.79. The van der Waals surface area contributed by atoms with Crippen LogP contribution in [0.3, 0.4) is 0 Å². The van der Waals surface area contributed by atoms with Crippen LogP contribution in [0.15, 0.2) is 0 Å². The van der Waals surface area contributed by atoms with Crippen LogP contribution in [0.2, 0.25) is 0 Å². The van der Waals surface area contributed by atoms with E-state index < -0.39 is 0 Å². The monoisotopic (exact) mass is 224 g/mol. The highest BCUT2D eigenvalue weighted by molar-refractivity contribution is 4.82. The lowest BCUT2D eigenvalue weighted by Crippen LogP contribution is -2.48. The maximum absolute atomic E-state index is 6.11. The largest absolute Gasteiger partial charge is 0.327 e. The number of hydrogen-bond acceptors (Lipinski definition) is 2. The minimum atomic E-state index is 0.421. The zero-order valence-corrected chi connectivity index (χ0v) is 11.0. The highest BCUT2D eigenvalue weighted by Crippen LogP contribution is 2.30. The van der Waals surface area contributed by atoms with Gasteiger partial charge in [0, 0.05) is 25.7 Å². The first kappa shape index (κ1) is 12.4. The van der Waals surface area contributed by atoms with Gasteiger partial charge in [-0.25, -0.2) is 0 Å². The third-order valence-electron chi connectivity index (χ3n) is 4.33. The molecule has 2 fully saturated rings. The van der Waals surface area contributed by atoms with Crippen molar-refractivity contribution in [2.45, 2.75) is 52.0 Å². The predicted molar refractivity (Wildman–Crippen MR) is 69.3 cm³/mol. The summed E-state index contributed by atoms with van der Waals surface area (Å²) in [7, 11) is 0. The number of hydrogen-bond donors (Lipinski definition) is 1. The fourth-order valence-electron chi connectivity index (χ4n) is 3.75. The summed E-state index contributed by atoms with van der Waals surface area (Å²) in [4.78, 5) is 2.63. The lowest BCUT2D eigenvalue weighted by atomic mass is 9.82. The van der Waals surface area contributed by atoms with E-state index in [0.29, 0.717) is 6.04 Å². The molecule has 0 bridgehead atoms. The average molecular weight is 224 g/mol. The van der Waals surface area contributed by atoms with Gasteiger partial charge in [-0.2, -0.15) is 0 Å². The smallest absolute Gasteiger partial charge is 0.0170 e. The van der Waals surface area contributed by atoms with E-state index in [1.165, 1.54) is 45.2 Å². The van der Waals surface area contributed by atoms with Gasteiger partial charge in [0.05, 0.1) is 0 Å². The summed E-state index contributed by atoms with van der Waals surface area (Å²) in [6.07, 6.45) is 7.01. The topological polar surface area (TPSA) is 29.3 Å². The van der Waals surface area contributed by atoms with Gasteiger partial charge in [-0.15, -0.1) is 0 Å². The summed E-state index contributed by atoms with van der Waals surface area (Å²) < 4.78 is 0. The second kappa shape index (κ2) is 5.50. The third-order valence-corrected chi connectivity index (χ3v) is 4.33. The van der Waals surface area contributed by atoms with E-state index in [0.717, 1.165) is 24.3 Å². The Labute approximate surface area is 101 Å². The van der Waals surface area contributed by atoms with Crippen LogP contribution >= 0.6 is 0 Å². The fraction of sp³-hybridized carbons (Fsp3) is 1.00. The first-order chi connectivity index (χ1) is 7.63. The molecule has 1 saturated heterocycles. The van der Waals surface area contributed by atoms with Gasteiger partial charge >= 0.3 is 0 Å². The maximum atomic E-state index is 6.11. The average Bonchev–Trinajstić information content (AvgIpc) is 2.15. The van der Waals surface area contributed by atoms with Crippen molar-refractivity contribution in [1.29, 1.82) is 0 Å². The number of nitrogens with zero attached hydrogens (tertiary/aromatic N) is 1. The Morgan fingerprint density at radius 3 is 2.56 bits per heavy atom. The van der Waals surface area contributed by atoms with Crippen molar-refractivity contribution in [1.82, 2.24) is 4.90 Å². The molecular formula is C14H28N2.